The van der Waals surface area contributed by atoms with Crippen molar-refractivity contribution in [3.63, 3.8) is 0 Å². The lowest BCUT2D eigenvalue weighted by Crippen LogP contribution is -2.56. The molecule has 110 valence electrons. The number of nitrogens with zero attached hydrogens (tertiary/aromatic N) is 1. The molecule has 1 saturated carbocycles. The topological polar surface area (TPSA) is 39.2 Å². The number of ether oxygens (including phenoxy) is 1. The van der Waals surface area contributed by atoms with Gasteiger partial charge in [-0.1, -0.05) is 15.9 Å². The highest BCUT2D eigenvalue weighted by Gasteiger charge is 2.64. The number of esters is 1. The standard InChI is InChI=1S/C14H16BrF2NO2/c1-12(2,3)20-11(19)13(7-14(16,17)8-13)10-6-9(15)4-5-18-10/h4-6H,7-8H2,1-3H3. The molecule has 0 saturated heterocycles. The molecule has 1 fully saturated rings. The molecule has 0 bridgehead atoms. The van der Waals surface area contributed by atoms with E-state index in [1.807, 2.05) is 0 Å². The van der Waals surface area contributed by atoms with Gasteiger partial charge in [0.25, 0.3) is 5.92 Å². The summed E-state index contributed by atoms with van der Waals surface area (Å²) in [5, 5.41) is 0. The van der Waals surface area contributed by atoms with Crippen molar-refractivity contribution in [1.29, 1.82) is 0 Å². The number of pyridine rings is 1. The molecule has 1 aliphatic carbocycles. The summed E-state index contributed by atoms with van der Waals surface area (Å²) in [6.45, 7) is 5.14. The van der Waals surface area contributed by atoms with Crippen molar-refractivity contribution in [2.24, 2.45) is 0 Å². The summed E-state index contributed by atoms with van der Waals surface area (Å²) in [7, 11) is 0. The van der Waals surface area contributed by atoms with Gasteiger partial charge in [0, 0.05) is 23.5 Å². The van der Waals surface area contributed by atoms with Gasteiger partial charge >= 0.3 is 5.97 Å². The van der Waals surface area contributed by atoms with Crippen molar-refractivity contribution in [2.75, 3.05) is 0 Å². The highest BCUT2D eigenvalue weighted by Crippen LogP contribution is 2.54. The average molecular weight is 348 g/mol. The largest absolute Gasteiger partial charge is 0.459 e. The molecule has 1 heterocycles. The summed E-state index contributed by atoms with van der Waals surface area (Å²) in [5.41, 5.74) is -1.74. The molecule has 0 spiro atoms. The van der Waals surface area contributed by atoms with Crippen LogP contribution in [0.25, 0.3) is 0 Å². The first-order chi connectivity index (χ1) is 9.04. The van der Waals surface area contributed by atoms with Gasteiger partial charge in [-0.05, 0) is 32.9 Å². The van der Waals surface area contributed by atoms with Gasteiger partial charge in [-0.15, -0.1) is 0 Å². The number of rotatable bonds is 2. The number of halogens is 3. The van der Waals surface area contributed by atoms with Crippen LogP contribution in [0.15, 0.2) is 22.8 Å². The van der Waals surface area contributed by atoms with Gasteiger partial charge in [-0.2, -0.15) is 0 Å². The predicted octanol–water partition coefficient (Wildman–Crippen LogP) is 3.85. The summed E-state index contributed by atoms with van der Waals surface area (Å²) in [5.74, 6) is -3.48. The van der Waals surface area contributed by atoms with Gasteiger partial charge in [0.15, 0.2) is 0 Å². The second-order valence-corrected chi connectivity index (χ2v) is 7.07. The molecular formula is C14H16BrF2NO2. The maximum Gasteiger partial charge on any atom is 0.319 e. The van der Waals surface area contributed by atoms with Crippen LogP contribution in [0.2, 0.25) is 0 Å². The van der Waals surface area contributed by atoms with Crippen LogP contribution >= 0.6 is 15.9 Å². The second-order valence-electron chi connectivity index (χ2n) is 6.15. The molecule has 0 aromatic carbocycles. The lowest BCUT2D eigenvalue weighted by molar-refractivity contribution is -0.190. The summed E-state index contributed by atoms with van der Waals surface area (Å²) >= 11 is 3.27. The third kappa shape index (κ3) is 3.00. The number of hydrogen-bond acceptors (Lipinski definition) is 3. The number of aromatic nitrogens is 1. The molecule has 0 unspecified atom stereocenters. The summed E-state index contributed by atoms with van der Waals surface area (Å²) in [4.78, 5) is 16.4. The Bertz CT molecular complexity index is 532. The number of hydrogen-bond donors (Lipinski definition) is 0. The van der Waals surface area contributed by atoms with Crippen molar-refractivity contribution < 1.29 is 18.3 Å². The second kappa shape index (κ2) is 4.76. The molecule has 2 rings (SSSR count). The highest BCUT2D eigenvalue weighted by molar-refractivity contribution is 9.10. The summed E-state index contributed by atoms with van der Waals surface area (Å²) < 4.78 is 32.7. The minimum absolute atomic E-state index is 0.326. The van der Waals surface area contributed by atoms with E-state index in [1.165, 1.54) is 6.20 Å². The van der Waals surface area contributed by atoms with Gasteiger partial charge in [-0.3, -0.25) is 9.78 Å². The van der Waals surface area contributed by atoms with Crippen LogP contribution in [0.1, 0.15) is 39.3 Å². The summed E-state index contributed by atoms with van der Waals surface area (Å²) in [6, 6.07) is 3.28. The van der Waals surface area contributed by atoms with E-state index in [4.69, 9.17) is 4.74 Å². The number of carbonyl (C=O) groups excluding carboxylic acids is 1. The monoisotopic (exact) mass is 347 g/mol. The Morgan fingerprint density at radius 2 is 2.00 bits per heavy atom. The zero-order valence-corrected chi connectivity index (χ0v) is 13.1. The van der Waals surface area contributed by atoms with Crippen LogP contribution in [0.5, 0.6) is 0 Å². The molecule has 20 heavy (non-hydrogen) atoms. The molecule has 0 aliphatic heterocycles. The van der Waals surface area contributed by atoms with Crippen LogP contribution in [0.3, 0.4) is 0 Å². The Kier molecular flexibility index (Phi) is 3.65. The van der Waals surface area contributed by atoms with E-state index in [1.54, 1.807) is 32.9 Å². The lowest BCUT2D eigenvalue weighted by atomic mass is 9.63. The molecule has 1 aliphatic rings. The van der Waals surface area contributed by atoms with Gasteiger partial charge < -0.3 is 4.74 Å². The minimum atomic E-state index is -2.85. The normalized spacial score (nSPS) is 20.1. The molecule has 1 aromatic heterocycles. The maximum atomic E-state index is 13.4. The first-order valence-corrected chi connectivity index (χ1v) is 7.07. The van der Waals surface area contributed by atoms with E-state index >= 15 is 0 Å². The number of carbonyl (C=O) groups is 1. The van der Waals surface area contributed by atoms with Crippen LogP contribution in [0, 0.1) is 0 Å². The Hall–Kier alpha value is -1.04. The van der Waals surface area contributed by atoms with Crippen LogP contribution < -0.4 is 0 Å². The third-order valence-electron chi connectivity index (χ3n) is 3.12. The van der Waals surface area contributed by atoms with E-state index in [-0.39, 0.29) is 0 Å². The van der Waals surface area contributed by atoms with Crippen molar-refractivity contribution in [2.45, 2.75) is 50.6 Å². The fraction of sp³-hybridized carbons (Fsp3) is 0.571. The quantitative estimate of drug-likeness (QED) is 0.762. The minimum Gasteiger partial charge on any atom is -0.459 e. The lowest BCUT2D eigenvalue weighted by Gasteiger charge is -2.45. The van der Waals surface area contributed by atoms with Gasteiger partial charge in [-0.25, -0.2) is 8.78 Å². The van der Waals surface area contributed by atoms with E-state index in [0.29, 0.717) is 10.2 Å². The van der Waals surface area contributed by atoms with E-state index in [2.05, 4.69) is 20.9 Å². The number of alkyl halides is 2. The molecule has 0 atom stereocenters. The van der Waals surface area contributed by atoms with Crippen LogP contribution in [-0.2, 0) is 14.9 Å². The third-order valence-corrected chi connectivity index (χ3v) is 3.62. The Morgan fingerprint density at radius 1 is 1.40 bits per heavy atom. The fourth-order valence-corrected chi connectivity index (χ4v) is 2.64. The SMILES string of the molecule is CC(C)(C)OC(=O)C1(c2cc(Br)ccn2)CC(F)(F)C1. The van der Waals surface area contributed by atoms with Gasteiger partial charge in [0.05, 0.1) is 5.69 Å². The molecule has 0 amide bonds. The molecule has 3 nitrogen and oxygen atoms in total. The molecule has 6 heteroatoms. The highest BCUT2D eigenvalue weighted by atomic mass is 79.9. The van der Waals surface area contributed by atoms with E-state index < -0.39 is 35.7 Å². The smallest absolute Gasteiger partial charge is 0.319 e. The van der Waals surface area contributed by atoms with Crippen LogP contribution in [0.4, 0.5) is 8.78 Å². The summed E-state index contributed by atoms with van der Waals surface area (Å²) in [6.07, 6.45) is 0.374. The maximum absolute atomic E-state index is 13.4. The van der Waals surface area contributed by atoms with Crippen molar-refractivity contribution in [3.05, 3.63) is 28.5 Å². The van der Waals surface area contributed by atoms with Gasteiger partial charge in [0.1, 0.15) is 11.0 Å². The first kappa shape index (κ1) is 15.4. The Balaban J connectivity index is 2.36. The van der Waals surface area contributed by atoms with Crippen molar-refractivity contribution in [1.82, 2.24) is 4.98 Å². The molecule has 1 aromatic rings. The van der Waals surface area contributed by atoms with Crippen LogP contribution in [-0.4, -0.2) is 22.5 Å². The molecular weight excluding hydrogens is 332 g/mol. The average Bonchev–Trinajstić information content (AvgIpc) is 2.22. The zero-order valence-electron chi connectivity index (χ0n) is 11.5. The van der Waals surface area contributed by atoms with E-state index in [9.17, 15) is 13.6 Å². The van der Waals surface area contributed by atoms with Crippen molar-refractivity contribution >= 4 is 21.9 Å². The fourth-order valence-electron chi connectivity index (χ4n) is 2.30. The Morgan fingerprint density at radius 3 is 2.45 bits per heavy atom. The molecule has 0 radical (unpaired) electrons. The zero-order chi connectivity index (χ0) is 15.2. The van der Waals surface area contributed by atoms with Crippen molar-refractivity contribution in [3.8, 4) is 0 Å². The van der Waals surface area contributed by atoms with Gasteiger partial charge in [0.2, 0.25) is 0 Å². The van der Waals surface area contributed by atoms with E-state index in [0.717, 1.165) is 0 Å². The first-order valence-electron chi connectivity index (χ1n) is 6.27. The predicted molar refractivity (Wildman–Crippen MR) is 73.6 cm³/mol. The molecule has 0 N–H and O–H groups in total. The Labute approximate surface area is 124 Å².